The second-order valence-corrected chi connectivity index (χ2v) is 6.21. The summed E-state index contributed by atoms with van der Waals surface area (Å²) >= 11 is 1.39. The van der Waals surface area contributed by atoms with Crippen LogP contribution in [0.4, 0.5) is 4.39 Å². The van der Waals surface area contributed by atoms with E-state index in [0.717, 1.165) is 4.90 Å². The highest BCUT2D eigenvalue weighted by molar-refractivity contribution is 7.99. The zero-order valence-electron chi connectivity index (χ0n) is 14.0. The maximum atomic E-state index is 14.4. The molecule has 0 saturated carbocycles. The molecule has 0 amide bonds. The molecule has 2 aromatic carbocycles. The molecule has 4 nitrogen and oxygen atoms in total. The first-order valence-corrected chi connectivity index (χ1v) is 8.74. The fourth-order valence-corrected chi connectivity index (χ4v) is 3.28. The minimum Gasteiger partial charge on any atom is -0.497 e. The molecule has 130 valence electrons. The van der Waals surface area contributed by atoms with Gasteiger partial charge >= 0.3 is 5.97 Å². The smallest absolute Gasteiger partial charge is 0.306 e. The highest BCUT2D eigenvalue weighted by atomic mass is 32.2. The van der Waals surface area contributed by atoms with Crippen molar-refractivity contribution in [2.24, 2.45) is 0 Å². The Morgan fingerprint density at radius 1 is 1.24 bits per heavy atom. The third-order valence-corrected chi connectivity index (χ3v) is 4.50. The van der Waals surface area contributed by atoms with E-state index < -0.39 is 5.82 Å². The SMILES string of the molecule is CCOC(=O)CCSc1cc(C#N)ccc1-c1ccc(OC)cc1F. The second-order valence-electron chi connectivity index (χ2n) is 5.07. The molecule has 25 heavy (non-hydrogen) atoms. The molecular weight excluding hydrogens is 341 g/mol. The first-order valence-electron chi connectivity index (χ1n) is 7.75. The number of nitrogens with zero attached hydrogens (tertiary/aromatic N) is 1. The van der Waals surface area contributed by atoms with Crippen LogP contribution in [0.2, 0.25) is 0 Å². The molecule has 2 rings (SSSR count). The summed E-state index contributed by atoms with van der Waals surface area (Å²) in [5.41, 5.74) is 1.58. The fraction of sp³-hybridized carbons (Fsp3) is 0.263. The number of benzene rings is 2. The molecule has 0 heterocycles. The van der Waals surface area contributed by atoms with Gasteiger partial charge in [-0.2, -0.15) is 5.26 Å². The van der Waals surface area contributed by atoms with E-state index >= 15 is 0 Å². The Morgan fingerprint density at radius 2 is 2.00 bits per heavy atom. The molecule has 0 fully saturated rings. The second kappa shape index (κ2) is 9.09. The van der Waals surface area contributed by atoms with Gasteiger partial charge in [0.25, 0.3) is 0 Å². The molecule has 0 atom stereocenters. The average Bonchev–Trinajstić information content (AvgIpc) is 2.62. The van der Waals surface area contributed by atoms with Gasteiger partial charge in [-0.1, -0.05) is 6.07 Å². The van der Waals surface area contributed by atoms with Crippen molar-refractivity contribution in [1.82, 2.24) is 0 Å². The zero-order chi connectivity index (χ0) is 18.2. The fourth-order valence-electron chi connectivity index (χ4n) is 2.25. The number of esters is 1. The van der Waals surface area contributed by atoms with Gasteiger partial charge in [0.1, 0.15) is 11.6 Å². The molecule has 0 aliphatic rings. The van der Waals surface area contributed by atoms with E-state index in [0.29, 0.717) is 34.8 Å². The maximum Gasteiger partial charge on any atom is 0.306 e. The van der Waals surface area contributed by atoms with Gasteiger partial charge in [0, 0.05) is 22.3 Å². The van der Waals surface area contributed by atoms with Crippen LogP contribution in [0, 0.1) is 17.1 Å². The monoisotopic (exact) mass is 359 g/mol. The highest BCUT2D eigenvalue weighted by Crippen LogP contribution is 2.35. The minimum absolute atomic E-state index is 0.250. The number of nitriles is 1. The normalized spacial score (nSPS) is 10.2. The molecule has 6 heteroatoms. The predicted octanol–water partition coefficient (Wildman–Crippen LogP) is 4.42. The van der Waals surface area contributed by atoms with Gasteiger partial charge in [0.2, 0.25) is 0 Å². The molecule has 0 radical (unpaired) electrons. The van der Waals surface area contributed by atoms with Gasteiger partial charge in [-0.25, -0.2) is 4.39 Å². The van der Waals surface area contributed by atoms with E-state index in [4.69, 9.17) is 14.7 Å². The summed E-state index contributed by atoms with van der Waals surface area (Å²) in [5.74, 6) is 0.240. The van der Waals surface area contributed by atoms with Gasteiger partial charge in [-0.15, -0.1) is 11.8 Å². The van der Waals surface area contributed by atoms with Crippen LogP contribution in [0.15, 0.2) is 41.3 Å². The van der Waals surface area contributed by atoms with Gasteiger partial charge in [-0.3, -0.25) is 4.79 Å². The van der Waals surface area contributed by atoms with Crippen LogP contribution in [0.1, 0.15) is 18.9 Å². The van der Waals surface area contributed by atoms with Crippen molar-refractivity contribution < 1.29 is 18.7 Å². The van der Waals surface area contributed by atoms with Crippen molar-refractivity contribution in [2.75, 3.05) is 19.5 Å². The molecule has 0 saturated heterocycles. The Balaban J connectivity index is 2.29. The first-order chi connectivity index (χ1) is 12.1. The highest BCUT2D eigenvalue weighted by Gasteiger charge is 2.13. The molecular formula is C19H18FNO3S. The van der Waals surface area contributed by atoms with Gasteiger partial charge in [-0.05, 0) is 36.8 Å². The van der Waals surface area contributed by atoms with E-state index in [1.54, 1.807) is 37.3 Å². The zero-order valence-corrected chi connectivity index (χ0v) is 14.9. The number of thioether (sulfide) groups is 1. The number of carbonyl (C=O) groups excluding carboxylic acids is 1. The third kappa shape index (κ3) is 4.97. The van der Waals surface area contributed by atoms with E-state index in [1.165, 1.54) is 24.9 Å². The van der Waals surface area contributed by atoms with Crippen molar-refractivity contribution in [3.63, 3.8) is 0 Å². The van der Waals surface area contributed by atoms with Crippen LogP contribution in [0.3, 0.4) is 0 Å². The number of rotatable bonds is 7. The summed E-state index contributed by atoms with van der Waals surface area (Å²) in [7, 11) is 1.48. The van der Waals surface area contributed by atoms with E-state index in [9.17, 15) is 9.18 Å². The van der Waals surface area contributed by atoms with Gasteiger partial charge in [0.05, 0.1) is 31.8 Å². The summed E-state index contributed by atoms with van der Waals surface area (Å²) in [5, 5.41) is 9.11. The molecule has 0 bridgehead atoms. The van der Waals surface area contributed by atoms with Gasteiger partial charge < -0.3 is 9.47 Å². The average molecular weight is 359 g/mol. The lowest BCUT2D eigenvalue weighted by Crippen LogP contribution is -2.04. The number of hydrogen-bond acceptors (Lipinski definition) is 5. The van der Waals surface area contributed by atoms with Crippen LogP contribution >= 0.6 is 11.8 Å². The molecule has 0 aromatic heterocycles. The molecule has 0 spiro atoms. The largest absolute Gasteiger partial charge is 0.497 e. The molecule has 0 aliphatic heterocycles. The lowest BCUT2D eigenvalue weighted by Gasteiger charge is -2.12. The van der Waals surface area contributed by atoms with Crippen molar-refractivity contribution >= 4 is 17.7 Å². The Bertz CT molecular complexity index is 802. The van der Waals surface area contributed by atoms with Crippen molar-refractivity contribution in [1.29, 1.82) is 5.26 Å². The van der Waals surface area contributed by atoms with Crippen molar-refractivity contribution in [3.05, 3.63) is 47.8 Å². The predicted molar refractivity (Wildman–Crippen MR) is 95.1 cm³/mol. The quantitative estimate of drug-likeness (QED) is 0.541. The molecule has 0 aliphatic carbocycles. The number of carbonyl (C=O) groups is 1. The molecule has 2 aromatic rings. The summed E-state index contributed by atoms with van der Waals surface area (Å²) in [6.45, 7) is 2.10. The summed E-state index contributed by atoms with van der Waals surface area (Å²) in [4.78, 5) is 12.2. The molecule has 0 unspecified atom stereocenters. The van der Waals surface area contributed by atoms with Crippen LogP contribution in [0.5, 0.6) is 5.75 Å². The lowest BCUT2D eigenvalue weighted by atomic mass is 10.0. The third-order valence-electron chi connectivity index (χ3n) is 3.45. The number of hydrogen-bond donors (Lipinski definition) is 0. The minimum atomic E-state index is -0.406. The van der Waals surface area contributed by atoms with Crippen molar-refractivity contribution in [3.8, 4) is 22.9 Å². The Kier molecular flexibility index (Phi) is 6.84. The van der Waals surface area contributed by atoms with E-state index in [1.807, 2.05) is 0 Å². The van der Waals surface area contributed by atoms with Crippen LogP contribution in [-0.4, -0.2) is 25.4 Å². The lowest BCUT2D eigenvalue weighted by molar-refractivity contribution is -0.142. The Hall–Kier alpha value is -2.52. The maximum absolute atomic E-state index is 14.4. The summed E-state index contributed by atoms with van der Waals surface area (Å²) in [6.07, 6.45) is 0.250. The van der Waals surface area contributed by atoms with E-state index in [2.05, 4.69) is 6.07 Å². The summed E-state index contributed by atoms with van der Waals surface area (Å²) < 4.78 is 24.3. The summed E-state index contributed by atoms with van der Waals surface area (Å²) in [6, 6.07) is 11.8. The Labute approximate surface area is 150 Å². The van der Waals surface area contributed by atoms with Crippen LogP contribution < -0.4 is 4.74 Å². The van der Waals surface area contributed by atoms with Crippen LogP contribution in [0.25, 0.3) is 11.1 Å². The molecule has 0 N–H and O–H groups in total. The topological polar surface area (TPSA) is 59.3 Å². The number of halogens is 1. The standard InChI is InChI=1S/C19H18FNO3S/c1-3-24-19(22)8-9-25-18-10-13(12-21)4-6-16(18)15-7-5-14(23-2)11-17(15)20/h4-7,10-11H,3,8-9H2,1-2H3. The number of methoxy groups -OCH3 is 1. The Morgan fingerprint density at radius 3 is 2.64 bits per heavy atom. The number of ether oxygens (including phenoxy) is 2. The van der Waals surface area contributed by atoms with Crippen molar-refractivity contribution in [2.45, 2.75) is 18.2 Å². The van der Waals surface area contributed by atoms with Crippen LogP contribution in [-0.2, 0) is 9.53 Å². The van der Waals surface area contributed by atoms with E-state index in [-0.39, 0.29) is 12.4 Å². The first kappa shape index (κ1) is 18.8. The van der Waals surface area contributed by atoms with Gasteiger partial charge in [0.15, 0.2) is 0 Å².